The molecule has 2 aromatic heterocycles. The molecular weight excluding hydrogens is 344 g/mol. The van der Waals surface area contributed by atoms with E-state index in [2.05, 4.69) is 10.2 Å². The van der Waals surface area contributed by atoms with Crippen molar-refractivity contribution >= 4 is 28.9 Å². The first-order chi connectivity index (χ1) is 11.7. The number of aromatic nitrogens is 2. The van der Waals surface area contributed by atoms with E-state index in [-0.39, 0.29) is 11.5 Å². The zero-order valence-electron chi connectivity index (χ0n) is 13.3. The average Bonchev–Trinajstić information content (AvgIpc) is 3.23. The highest BCUT2D eigenvalue weighted by atomic mass is 32.2. The van der Waals surface area contributed by atoms with Gasteiger partial charge in [0.05, 0.1) is 17.2 Å². The first kappa shape index (κ1) is 16.7. The van der Waals surface area contributed by atoms with Crippen LogP contribution < -0.4 is 4.74 Å². The van der Waals surface area contributed by atoms with Gasteiger partial charge in [0.1, 0.15) is 5.75 Å². The summed E-state index contributed by atoms with van der Waals surface area (Å²) in [5, 5.41) is 8.41. The molecule has 1 aromatic carbocycles. The molecule has 5 nitrogen and oxygen atoms in total. The largest absolute Gasteiger partial charge is 0.494 e. The lowest BCUT2D eigenvalue weighted by Gasteiger charge is -2.02. The molecule has 0 bridgehead atoms. The second-order valence-electron chi connectivity index (χ2n) is 4.95. The van der Waals surface area contributed by atoms with E-state index >= 15 is 0 Å². The Labute approximate surface area is 148 Å². The first-order valence-electron chi connectivity index (χ1n) is 7.45. The topological polar surface area (TPSA) is 65.2 Å². The lowest BCUT2D eigenvalue weighted by molar-refractivity contribution is 0.102. The van der Waals surface area contributed by atoms with Crippen molar-refractivity contribution in [2.24, 2.45) is 0 Å². The molecule has 7 heteroatoms. The minimum Gasteiger partial charge on any atom is -0.494 e. The first-order valence-corrected chi connectivity index (χ1v) is 9.25. The number of aryl methyl sites for hydroxylation is 1. The molecule has 0 atom stereocenters. The molecule has 2 heterocycles. The van der Waals surface area contributed by atoms with E-state index in [1.807, 2.05) is 50.2 Å². The van der Waals surface area contributed by atoms with E-state index in [4.69, 9.17) is 9.15 Å². The van der Waals surface area contributed by atoms with E-state index in [1.54, 1.807) is 0 Å². The summed E-state index contributed by atoms with van der Waals surface area (Å²) in [7, 11) is 0. The van der Waals surface area contributed by atoms with Crippen LogP contribution in [0, 0.1) is 6.92 Å². The number of thioether (sulfide) groups is 1. The number of hydrogen-bond donors (Lipinski definition) is 0. The van der Waals surface area contributed by atoms with Crippen LogP contribution in [0.5, 0.6) is 5.75 Å². The number of carbonyl (C=O) groups excluding carboxylic acids is 1. The number of Topliss-reactive ketones (excluding diaryl/α,β-unsaturated/α-hetero) is 1. The molecule has 0 radical (unpaired) electrons. The maximum atomic E-state index is 12.1. The van der Waals surface area contributed by atoms with E-state index < -0.39 is 0 Å². The fourth-order valence-corrected chi connectivity index (χ4v) is 3.57. The van der Waals surface area contributed by atoms with Crippen LogP contribution in [0.25, 0.3) is 11.5 Å². The lowest BCUT2D eigenvalue weighted by Crippen LogP contribution is -1.99. The van der Waals surface area contributed by atoms with Crippen molar-refractivity contribution in [1.82, 2.24) is 10.2 Å². The fraction of sp³-hybridized carbons (Fsp3) is 0.235. The van der Waals surface area contributed by atoms with E-state index in [1.165, 1.54) is 23.1 Å². The summed E-state index contributed by atoms with van der Waals surface area (Å²) in [6.45, 7) is 4.54. The summed E-state index contributed by atoms with van der Waals surface area (Å²) in [5.74, 6) is 1.58. The molecule has 0 aliphatic rings. The minimum absolute atomic E-state index is 0.0684. The third-order valence-electron chi connectivity index (χ3n) is 3.16. The monoisotopic (exact) mass is 360 g/mol. The summed E-state index contributed by atoms with van der Waals surface area (Å²) in [5.41, 5.74) is 0.818. The van der Waals surface area contributed by atoms with Gasteiger partial charge < -0.3 is 9.15 Å². The molecule has 0 unspecified atom stereocenters. The number of rotatable bonds is 7. The molecule has 24 heavy (non-hydrogen) atoms. The van der Waals surface area contributed by atoms with Gasteiger partial charge in [-0.1, -0.05) is 11.8 Å². The Bertz CT molecular complexity index is 824. The summed E-state index contributed by atoms with van der Waals surface area (Å²) < 4.78 is 11.0. The van der Waals surface area contributed by atoms with Gasteiger partial charge in [0.2, 0.25) is 5.89 Å². The van der Waals surface area contributed by atoms with Crippen molar-refractivity contribution in [3.05, 3.63) is 46.2 Å². The van der Waals surface area contributed by atoms with Crippen molar-refractivity contribution in [1.29, 1.82) is 0 Å². The summed E-state index contributed by atoms with van der Waals surface area (Å²) in [4.78, 5) is 14.0. The SMILES string of the molecule is CCOc1ccc(-c2nnc(SCC(=O)c3ccc(C)s3)o2)cc1. The summed E-state index contributed by atoms with van der Waals surface area (Å²) in [6.07, 6.45) is 0. The molecular formula is C17H16N2O3S2. The highest BCUT2D eigenvalue weighted by Crippen LogP contribution is 2.26. The van der Waals surface area contributed by atoms with Crippen LogP contribution in [-0.4, -0.2) is 28.3 Å². The van der Waals surface area contributed by atoms with Crippen molar-refractivity contribution in [2.45, 2.75) is 19.1 Å². The number of benzene rings is 1. The Balaban J connectivity index is 1.62. The Morgan fingerprint density at radius 3 is 2.67 bits per heavy atom. The van der Waals surface area contributed by atoms with Gasteiger partial charge in [-0.25, -0.2) is 0 Å². The number of nitrogens with zero attached hydrogens (tertiary/aromatic N) is 2. The normalized spacial score (nSPS) is 10.8. The molecule has 0 fully saturated rings. The molecule has 0 saturated heterocycles. The number of ketones is 1. The third kappa shape index (κ3) is 4.04. The van der Waals surface area contributed by atoms with Gasteiger partial charge in [-0.3, -0.25) is 4.79 Å². The molecule has 124 valence electrons. The van der Waals surface area contributed by atoms with Gasteiger partial charge in [-0.05, 0) is 50.2 Å². The van der Waals surface area contributed by atoms with Gasteiger partial charge in [0, 0.05) is 10.4 Å². The van der Waals surface area contributed by atoms with Gasteiger partial charge in [0.25, 0.3) is 5.22 Å². The van der Waals surface area contributed by atoms with Crippen molar-refractivity contribution in [3.8, 4) is 17.2 Å². The average molecular weight is 360 g/mol. The Morgan fingerprint density at radius 1 is 1.21 bits per heavy atom. The quantitative estimate of drug-likeness (QED) is 0.457. The molecule has 0 spiro atoms. The number of ether oxygens (including phenoxy) is 1. The molecule has 3 rings (SSSR count). The molecule has 0 aliphatic heterocycles. The van der Waals surface area contributed by atoms with Gasteiger partial charge in [-0.2, -0.15) is 0 Å². The second-order valence-corrected chi connectivity index (χ2v) is 7.17. The van der Waals surface area contributed by atoms with E-state index in [0.717, 1.165) is 21.1 Å². The number of hydrogen-bond acceptors (Lipinski definition) is 7. The molecule has 0 saturated carbocycles. The van der Waals surface area contributed by atoms with Crippen LogP contribution in [0.3, 0.4) is 0 Å². The number of carbonyl (C=O) groups is 1. The standard InChI is InChI=1S/C17H16N2O3S2/c1-3-21-13-7-5-12(6-8-13)16-18-19-17(22-16)23-10-14(20)15-9-4-11(2)24-15/h4-9H,3,10H2,1-2H3. The van der Waals surface area contributed by atoms with Crippen LogP contribution in [0.1, 0.15) is 21.5 Å². The Hall–Kier alpha value is -2.12. The predicted molar refractivity (Wildman–Crippen MR) is 95.0 cm³/mol. The second kappa shape index (κ2) is 7.63. The Kier molecular flexibility index (Phi) is 5.32. The molecule has 0 amide bonds. The Morgan fingerprint density at radius 2 is 2.00 bits per heavy atom. The van der Waals surface area contributed by atoms with E-state index in [0.29, 0.717) is 17.7 Å². The molecule has 0 aliphatic carbocycles. The zero-order chi connectivity index (χ0) is 16.9. The van der Waals surface area contributed by atoms with Crippen LogP contribution in [0.4, 0.5) is 0 Å². The summed E-state index contributed by atoms with van der Waals surface area (Å²) in [6, 6.07) is 11.2. The van der Waals surface area contributed by atoms with Crippen LogP contribution in [-0.2, 0) is 0 Å². The van der Waals surface area contributed by atoms with Crippen LogP contribution in [0.2, 0.25) is 0 Å². The van der Waals surface area contributed by atoms with Gasteiger partial charge in [0.15, 0.2) is 5.78 Å². The fourth-order valence-electron chi connectivity index (χ4n) is 2.03. The highest BCUT2D eigenvalue weighted by molar-refractivity contribution is 7.99. The molecule has 3 aromatic rings. The van der Waals surface area contributed by atoms with Crippen molar-refractivity contribution in [2.75, 3.05) is 12.4 Å². The third-order valence-corrected chi connectivity index (χ3v) is 5.02. The van der Waals surface area contributed by atoms with E-state index in [9.17, 15) is 4.79 Å². The maximum absolute atomic E-state index is 12.1. The number of thiophene rings is 1. The minimum atomic E-state index is 0.0684. The zero-order valence-corrected chi connectivity index (χ0v) is 14.9. The van der Waals surface area contributed by atoms with Gasteiger partial charge >= 0.3 is 0 Å². The van der Waals surface area contributed by atoms with Crippen molar-refractivity contribution in [3.63, 3.8) is 0 Å². The maximum Gasteiger partial charge on any atom is 0.277 e. The van der Waals surface area contributed by atoms with Crippen molar-refractivity contribution < 1.29 is 13.9 Å². The van der Waals surface area contributed by atoms with Gasteiger partial charge in [-0.15, -0.1) is 21.5 Å². The van der Waals surface area contributed by atoms with Crippen LogP contribution >= 0.6 is 23.1 Å². The highest BCUT2D eigenvalue weighted by Gasteiger charge is 2.13. The predicted octanol–water partition coefficient (Wildman–Crippen LogP) is 4.48. The lowest BCUT2D eigenvalue weighted by atomic mass is 10.2. The molecule has 0 N–H and O–H groups in total. The summed E-state index contributed by atoms with van der Waals surface area (Å²) >= 11 is 2.75. The van der Waals surface area contributed by atoms with Crippen LogP contribution in [0.15, 0.2) is 46.0 Å². The smallest absolute Gasteiger partial charge is 0.277 e.